The molecule has 2 aliphatic heterocycles. The predicted octanol–water partition coefficient (Wildman–Crippen LogP) is 1.99. The second-order valence-corrected chi connectivity index (χ2v) is 7.01. The van der Waals surface area contributed by atoms with Crippen molar-refractivity contribution >= 4 is 23.7 Å². The molecule has 1 unspecified atom stereocenters. The van der Waals surface area contributed by atoms with Crippen LogP contribution in [0.3, 0.4) is 0 Å². The van der Waals surface area contributed by atoms with E-state index in [0.29, 0.717) is 0 Å². The summed E-state index contributed by atoms with van der Waals surface area (Å²) in [5, 5.41) is 16.5. The van der Waals surface area contributed by atoms with E-state index in [-0.39, 0.29) is 53.9 Å². The van der Waals surface area contributed by atoms with Crippen LogP contribution in [0.1, 0.15) is 29.1 Å². The summed E-state index contributed by atoms with van der Waals surface area (Å²) in [5.74, 6) is -1.30. The van der Waals surface area contributed by atoms with Gasteiger partial charge in [-0.2, -0.15) is 0 Å². The quantitative estimate of drug-likeness (QED) is 0.344. The van der Waals surface area contributed by atoms with E-state index in [2.05, 4.69) is 10.6 Å². The molecule has 2 amide bonds. The number of amides is 2. The fourth-order valence-corrected chi connectivity index (χ4v) is 3.46. The Morgan fingerprint density at radius 2 is 1.91 bits per heavy atom. The number of carbonyl (C=O) groups is 3. The Kier molecular flexibility index (Phi) is 6.34. The molecule has 0 fully saturated rings. The Balaban J connectivity index is 1.64. The SMILES string of the molecule is CCOC(=O)C1=C(COC(=O)c2cc3c(cc2[N+](=O)[O-])OCCO3)NC(=O)NC1c1ccco1. The Bertz CT molecular complexity index is 1170. The average Bonchev–Trinajstić information content (AvgIpc) is 3.36. The van der Waals surface area contributed by atoms with Crippen LogP contribution in [0.5, 0.6) is 11.5 Å². The zero-order chi connectivity index (χ0) is 24.2. The highest BCUT2D eigenvalue weighted by Crippen LogP contribution is 2.37. The Labute approximate surface area is 191 Å². The maximum atomic E-state index is 12.8. The Hall–Kier alpha value is -4.55. The summed E-state index contributed by atoms with van der Waals surface area (Å²) in [6, 6.07) is 3.69. The molecule has 2 aliphatic rings. The summed E-state index contributed by atoms with van der Waals surface area (Å²) < 4.78 is 26.4. The zero-order valence-corrected chi connectivity index (χ0v) is 17.8. The third kappa shape index (κ3) is 4.48. The van der Waals surface area contributed by atoms with Gasteiger partial charge in [0.05, 0.1) is 35.1 Å². The minimum Gasteiger partial charge on any atom is -0.486 e. The molecule has 0 aliphatic carbocycles. The van der Waals surface area contributed by atoms with Gasteiger partial charge in [0.2, 0.25) is 0 Å². The summed E-state index contributed by atoms with van der Waals surface area (Å²) in [5.41, 5.74) is -1.02. The van der Waals surface area contributed by atoms with E-state index in [1.54, 1.807) is 19.1 Å². The normalized spacial score (nSPS) is 16.9. The number of furan rings is 1. The van der Waals surface area contributed by atoms with Gasteiger partial charge in [-0.05, 0) is 19.1 Å². The molecule has 0 spiro atoms. The van der Waals surface area contributed by atoms with Gasteiger partial charge in [-0.15, -0.1) is 0 Å². The molecule has 178 valence electrons. The van der Waals surface area contributed by atoms with Crippen molar-refractivity contribution in [2.75, 3.05) is 26.4 Å². The van der Waals surface area contributed by atoms with Gasteiger partial charge >= 0.3 is 18.0 Å². The minimum atomic E-state index is -1.07. The lowest BCUT2D eigenvalue weighted by molar-refractivity contribution is -0.385. The molecule has 1 atom stereocenters. The van der Waals surface area contributed by atoms with Crippen molar-refractivity contribution < 1.29 is 42.7 Å². The molecular formula is C21H19N3O10. The van der Waals surface area contributed by atoms with Crippen LogP contribution >= 0.6 is 0 Å². The number of fused-ring (bicyclic) bond motifs is 1. The number of carbonyl (C=O) groups excluding carboxylic acids is 3. The van der Waals surface area contributed by atoms with Gasteiger partial charge < -0.3 is 34.0 Å². The molecule has 2 aromatic rings. The van der Waals surface area contributed by atoms with Gasteiger partial charge in [0.25, 0.3) is 5.69 Å². The second-order valence-electron chi connectivity index (χ2n) is 7.01. The first-order valence-corrected chi connectivity index (χ1v) is 10.1. The van der Waals surface area contributed by atoms with Crippen LogP contribution < -0.4 is 20.1 Å². The van der Waals surface area contributed by atoms with Crippen LogP contribution in [-0.4, -0.2) is 49.3 Å². The number of rotatable bonds is 7. The molecule has 2 N–H and O–H groups in total. The number of nitro groups is 1. The number of benzene rings is 1. The molecule has 1 aromatic heterocycles. The van der Waals surface area contributed by atoms with E-state index in [1.807, 2.05) is 0 Å². The van der Waals surface area contributed by atoms with Crippen LogP contribution in [0.4, 0.5) is 10.5 Å². The molecule has 0 saturated heterocycles. The number of nitrogens with one attached hydrogen (secondary N) is 2. The fraction of sp³-hybridized carbons (Fsp3) is 0.286. The standard InChI is InChI=1S/C21H19N3O10/c1-2-30-20(26)17-12(22-21(27)23-18(17)14-4-3-5-31-14)10-34-19(25)11-8-15-16(33-7-6-32-15)9-13(11)24(28)29/h3-5,8-9,18H,2,6-7,10H2,1H3,(H2,22,23,27). The number of ether oxygens (including phenoxy) is 4. The van der Waals surface area contributed by atoms with Crippen molar-refractivity contribution in [1.82, 2.24) is 10.6 Å². The van der Waals surface area contributed by atoms with Gasteiger partial charge in [0.15, 0.2) is 11.5 Å². The van der Waals surface area contributed by atoms with E-state index in [9.17, 15) is 24.5 Å². The van der Waals surface area contributed by atoms with E-state index in [0.717, 1.165) is 12.1 Å². The van der Waals surface area contributed by atoms with E-state index in [1.165, 1.54) is 6.26 Å². The molecule has 13 nitrogen and oxygen atoms in total. The first kappa shape index (κ1) is 22.6. The molecule has 0 saturated carbocycles. The van der Waals surface area contributed by atoms with Crippen LogP contribution in [0.15, 0.2) is 46.2 Å². The molecular weight excluding hydrogens is 454 g/mol. The third-order valence-electron chi connectivity index (χ3n) is 4.90. The Morgan fingerprint density at radius 1 is 1.18 bits per heavy atom. The van der Waals surface area contributed by atoms with Crippen molar-refractivity contribution in [3.8, 4) is 11.5 Å². The lowest BCUT2D eigenvalue weighted by Crippen LogP contribution is -2.47. The number of urea groups is 1. The first-order chi connectivity index (χ1) is 16.4. The van der Waals surface area contributed by atoms with Crippen molar-refractivity contribution in [3.05, 3.63) is 63.2 Å². The molecule has 1 aromatic carbocycles. The number of nitro benzene ring substituents is 1. The summed E-state index contributed by atoms with van der Waals surface area (Å²) in [6.07, 6.45) is 1.37. The molecule has 34 heavy (non-hydrogen) atoms. The van der Waals surface area contributed by atoms with Crippen molar-refractivity contribution in [2.24, 2.45) is 0 Å². The van der Waals surface area contributed by atoms with Gasteiger partial charge in [-0.1, -0.05) is 0 Å². The predicted molar refractivity (Wildman–Crippen MR) is 111 cm³/mol. The summed E-state index contributed by atoms with van der Waals surface area (Å²) in [4.78, 5) is 48.4. The monoisotopic (exact) mass is 473 g/mol. The number of hydrogen-bond donors (Lipinski definition) is 2. The van der Waals surface area contributed by atoms with Gasteiger partial charge in [0, 0.05) is 6.07 Å². The summed E-state index contributed by atoms with van der Waals surface area (Å²) in [6.45, 7) is 1.50. The first-order valence-electron chi connectivity index (χ1n) is 10.1. The lowest BCUT2D eigenvalue weighted by atomic mass is 10.0. The molecule has 13 heteroatoms. The zero-order valence-electron chi connectivity index (χ0n) is 17.8. The van der Waals surface area contributed by atoms with Crippen molar-refractivity contribution in [1.29, 1.82) is 0 Å². The fourth-order valence-electron chi connectivity index (χ4n) is 3.46. The van der Waals surface area contributed by atoms with E-state index in [4.69, 9.17) is 23.4 Å². The topological polar surface area (TPSA) is 168 Å². The maximum absolute atomic E-state index is 12.8. The lowest BCUT2D eigenvalue weighted by Gasteiger charge is -2.27. The smallest absolute Gasteiger partial charge is 0.345 e. The van der Waals surface area contributed by atoms with Crippen LogP contribution in [0.25, 0.3) is 0 Å². The highest BCUT2D eigenvalue weighted by molar-refractivity contribution is 5.96. The summed E-state index contributed by atoms with van der Waals surface area (Å²) >= 11 is 0. The third-order valence-corrected chi connectivity index (χ3v) is 4.90. The van der Waals surface area contributed by atoms with Crippen LogP contribution in [0.2, 0.25) is 0 Å². The molecule has 0 radical (unpaired) electrons. The summed E-state index contributed by atoms with van der Waals surface area (Å²) in [7, 11) is 0. The minimum absolute atomic E-state index is 0.0409. The van der Waals surface area contributed by atoms with Crippen LogP contribution in [0, 0.1) is 10.1 Å². The average molecular weight is 473 g/mol. The van der Waals surface area contributed by atoms with E-state index < -0.39 is 41.2 Å². The maximum Gasteiger partial charge on any atom is 0.345 e. The van der Waals surface area contributed by atoms with Crippen LogP contribution in [-0.2, 0) is 14.3 Å². The van der Waals surface area contributed by atoms with E-state index >= 15 is 0 Å². The second kappa shape index (κ2) is 9.52. The number of esters is 2. The van der Waals surface area contributed by atoms with Crippen molar-refractivity contribution in [2.45, 2.75) is 13.0 Å². The largest absolute Gasteiger partial charge is 0.486 e. The molecule has 0 bridgehead atoms. The highest BCUT2D eigenvalue weighted by atomic mass is 16.6. The highest BCUT2D eigenvalue weighted by Gasteiger charge is 2.36. The molecule has 3 heterocycles. The van der Waals surface area contributed by atoms with Gasteiger partial charge in [-0.3, -0.25) is 10.1 Å². The van der Waals surface area contributed by atoms with Gasteiger partial charge in [-0.25, -0.2) is 14.4 Å². The molecule has 4 rings (SSSR count). The van der Waals surface area contributed by atoms with Crippen molar-refractivity contribution in [3.63, 3.8) is 0 Å². The Morgan fingerprint density at radius 3 is 2.56 bits per heavy atom. The number of nitrogens with zero attached hydrogens (tertiary/aromatic N) is 1. The van der Waals surface area contributed by atoms with Gasteiger partial charge in [0.1, 0.15) is 37.2 Å². The number of hydrogen-bond acceptors (Lipinski definition) is 10.